The Morgan fingerprint density at radius 3 is 2.00 bits per heavy atom. The lowest BCUT2D eigenvalue weighted by atomic mass is 10.1. The summed E-state index contributed by atoms with van der Waals surface area (Å²) in [4.78, 5) is 12.3. The van der Waals surface area contributed by atoms with Gasteiger partial charge in [0.25, 0.3) is 5.91 Å². The molecule has 0 aliphatic heterocycles. The molecular weight excluding hydrogens is 384 g/mol. The van der Waals surface area contributed by atoms with E-state index in [1.165, 1.54) is 0 Å². The number of rotatable bonds is 2. The fourth-order valence-electron chi connectivity index (χ4n) is 2.00. The molecule has 0 heterocycles. The van der Waals surface area contributed by atoms with Crippen LogP contribution in [0.4, 0.5) is 11.4 Å². The van der Waals surface area contributed by atoms with Crippen LogP contribution in [0.1, 0.15) is 21.5 Å². The van der Waals surface area contributed by atoms with Gasteiger partial charge in [-0.25, -0.2) is 0 Å². The van der Waals surface area contributed by atoms with Crippen molar-refractivity contribution in [1.29, 1.82) is 0 Å². The Morgan fingerprint density at radius 2 is 1.50 bits per heavy atom. The van der Waals surface area contributed by atoms with Crippen molar-refractivity contribution in [3.8, 4) is 0 Å². The second-order valence-corrected chi connectivity index (χ2v) is 6.40. The Hall–Kier alpha value is -1.33. The lowest BCUT2D eigenvalue weighted by molar-refractivity contribution is 0.102. The summed E-state index contributed by atoms with van der Waals surface area (Å²) in [6.07, 6.45) is 0. The Morgan fingerprint density at radius 1 is 1.00 bits per heavy atom. The third kappa shape index (κ3) is 3.41. The van der Waals surface area contributed by atoms with Crippen molar-refractivity contribution < 1.29 is 4.79 Å². The Bertz CT molecular complexity index is 640. The average molecular weight is 398 g/mol. The highest BCUT2D eigenvalue weighted by Gasteiger charge is 2.12. The van der Waals surface area contributed by atoms with Gasteiger partial charge in [0.05, 0.1) is 5.69 Å². The number of benzene rings is 2. The van der Waals surface area contributed by atoms with E-state index in [0.717, 1.165) is 20.1 Å². The molecule has 104 valence electrons. The Kier molecular flexibility index (Phi) is 4.50. The molecule has 3 N–H and O–H groups in total. The highest BCUT2D eigenvalue weighted by Crippen LogP contribution is 2.33. The number of aryl methyl sites for hydroxylation is 2. The zero-order valence-electron chi connectivity index (χ0n) is 11.1. The van der Waals surface area contributed by atoms with Crippen LogP contribution in [0, 0.1) is 13.8 Å². The molecule has 0 spiro atoms. The number of nitrogen functional groups attached to an aromatic ring is 1. The van der Waals surface area contributed by atoms with E-state index in [1.807, 2.05) is 32.0 Å². The summed E-state index contributed by atoms with van der Waals surface area (Å²) in [6.45, 7) is 3.94. The van der Waals surface area contributed by atoms with Crippen molar-refractivity contribution in [2.45, 2.75) is 13.8 Å². The van der Waals surface area contributed by atoms with Crippen molar-refractivity contribution in [3.63, 3.8) is 0 Å². The maximum absolute atomic E-state index is 12.3. The molecule has 0 atom stereocenters. The van der Waals surface area contributed by atoms with Gasteiger partial charge in [0.2, 0.25) is 0 Å². The van der Waals surface area contributed by atoms with Crippen LogP contribution in [0.5, 0.6) is 0 Å². The van der Waals surface area contributed by atoms with E-state index in [9.17, 15) is 4.79 Å². The summed E-state index contributed by atoms with van der Waals surface area (Å²) in [7, 11) is 0. The fraction of sp³-hybridized carbons (Fsp3) is 0.133. The van der Waals surface area contributed by atoms with E-state index in [4.69, 9.17) is 5.73 Å². The number of nitrogens with one attached hydrogen (secondary N) is 1. The first-order valence-electron chi connectivity index (χ1n) is 6.01. The largest absolute Gasteiger partial charge is 0.399 e. The molecule has 2 aromatic rings. The van der Waals surface area contributed by atoms with Crippen LogP contribution >= 0.6 is 31.9 Å². The fourth-order valence-corrected chi connectivity index (χ4v) is 3.42. The molecule has 2 aromatic carbocycles. The van der Waals surface area contributed by atoms with Gasteiger partial charge in [-0.1, -0.05) is 17.2 Å². The van der Waals surface area contributed by atoms with Crippen LogP contribution in [-0.2, 0) is 0 Å². The molecule has 2 rings (SSSR count). The van der Waals surface area contributed by atoms with E-state index in [0.29, 0.717) is 16.9 Å². The molecule has 0 aliphatic carbocycles. The molecule has 0 aliphatic rings. The molecule has 0 saturated carbocycles. The molecule has 0 fully saturated rings. The molecule has 0 unspecified atom stereocenters. The van der Waals surface area contributed by atoms with Crippen LogP contribution in [0.2, 0.25) is 0 Å². The molecule has 3 nitrogen and oxygen atoms in total. The molecule has 20 heavy (non-hydrogen) atoms. The summed E-state index contributed by atoms with van der Waals surface area (Å²) < 4.78 is 1.48. The first-order valence-corrected chi connectivity index (χ1v) is 7.59. The van der Waals surface area contributed by atoms with Gasteiger partial charge in [-0.05, 0) is 70.0 Å². The van der Waals surface area contributed by atoms with Gasteiger partial charge in [-0.2, -0.15) is 0 Å². The van der Waals surface area contributed by atoms with Crippen molar-refractivity contribution in [2.75, 3.05) is 11.1 Å². The van der Waals surface area contributed by atoms with Crippen molar-refractivity contribution >= 4 is 49.1 Å². The van der Waals surface area contributed by atoms with Gasteiger partial charge < -0.3 is 11.1 Å². The zero-order chi connectivity index (χ0) is 14.9. The van der Waals surface area contributed by atoms with E-state index >= 15 is 0 Å². The quantitative estimate of drug-likeness (QED) is 0.723. The minimum absolute atomic E-state index is 0.150. The van der Waals surface area contributed by atoms with Gasteiger partial charge >= 0.3 is 0 Å². The Balaban J connectivity index is 2.32. The summed E-state index contributed by atoms with van der Waals surface area (Å²) >= 11 is 6.81. The van der Waals surface area contributed by atoms with Crippen molar-refractivity contribution in [1.82, 2.24) is 0 Å². The van der Waals surface area contributed by atoms with Gasteiger partial charge in [0, 0.05) is 20.2 Å². The van der Waals surface area contributed by atoms with E-state index in [1.54, 1.807) is 12.1 Å². The summed E-state index contributed by atoms with van der Waals surface area (Å²) in [6, 6.07) is 9.26. The number of nitrogens with two attached hydrogens (primary N) is 1. The van der Waals surface area contributed by atoms with Crippen molar-refractivity contribution in [2.24, 2.45) is 0 Å². The molecule has 5 heteroatoms. The summed E-state index contributed by atoms with van der Waals surface area (Å²) in [5.74, 6) is -0.150. The van der Waals surface area contributed by atoms with Gasteiger partial charge in [-0.3, -0.25) is 4.79 Å². The second-order valence-electron chi connectivity index (χ2n) is 4.69. The highest BCUT2D eigenvalue weighted by molar-refractivity contribution is 9.11. The molecule has 0 aromatic heterocycles. The second kappa shape index (κ2) is 5.97. The minimum atomic E-state index is -0.150. The molecule has 0 radical (unpaired) electrons. The predicted molar refractivity (Wildman–Crippen MR) is 90.1 cm³/mol. The SMILES string of the molecule is Cc1cc(C)cc(C(=O)Nc2c(Br)cc(N)cc2Br)c1. The van der Waals surface area contributed by atoms with Crippen LogP contribution in [0.25, 0.3) is 0 Å². The standard InChI is InChI=1S/C15H14Br2N2O/c1-8-3-9(2)5-10(4-8)15(20)19-14-12(16)6-11(18)7-13(14)17/h3-7H,18H2,1-2H3,(H,19,20). The molecule has 1 amide bonds. The van der Waals surface area contributed by atoms with E-state index in [-0.39, 0.29) is 5.91 Å². The lowest BCUT2D eigenvalue weighted by Crippen LogP contribution is -2.13. The number of carbonyl (C=O) groups is 1. The topological polar surface area (TPSA) is 55.1 Å². The molecular formula is C15H14Br2N2O. The van der Waals surface area contributed by atoms with E-state index < -0.39 is 0 Å². The third-order valence-electron chi connectivity index (χ3n) is 2.79. The number of hydrogen-bond acceptors (Lipinski definition) is 2. The highest BCUT2D eigenvalue weighted by atomic mass is 79.9. The van der Waals surface area contributed by atoms with Crippen LogP contribution in [0.15, 0.2) is 39.3 Å². The van der Waals surface area contributed by atoms with Crippen LogP contribution in [0.3, 0.4) is 0 Å². The number of amides is 1. The van der Waals surface area contributed by atoms with Gasteiger partial charge in [-0.15, -0.1) is 0 Å². The smallest absolute Gasteiger partial charge is 0.255 e. The normalized spacial score (nSPS) is 10.4. The minimum Gasteiger partial charge on any atom is -0.399 e. The maximum atomic E-state index is 12.3. The van der Waals surface area contributed by atoms with Gasteiger partial charge in [0.15, 0.2) is 0 Å². The molecule has 0 bridgehead atoms. The maximum Gasteiger partial charge on any atom is 0.255 e. The first kappa shape index (κ1) is 15.1. The summed E-state index contributed by atoms with van der Waals surface area (Å²) in [5, 5.41) is 2.89. The summed E-state index contributed by atoms with van der Waals surface area (Å²) in [5.41, 5.74) is 9.78. The number of hydrogen-bond donors (Lipinski definition) is 2. The van der Waals surface area contributed by atoms with Crippen molar-refractivity contribution in [3.05, 3.63) is 56.0 Å². The number of carbonyl (C=O) groups excluding carboxylic acids is 1. The van der Waals surface area contributed by atoms with E-state index in [2.05, 4.69) is 37.2 Å². The lowest BCUT2D eigenvalue weighted by Gasteiger charge is -2.11. The monoisotopic (exact) mass is 396 g/mol. The number of halogens is 2. The van der Waals surface area contributed by atoms with Crippen LogP contribution < -0.4 is 11.1 Å². The predicted octanol–water partition coefficient (Wildman–Crippen LogP) is 4.66. The Labute approximate surface area is 134 Å². The number of anilines is 2. The van der Waals surface area contributed by atoms with Crippen LogP contribution in [-0.4, -0.2) is 5.91 Å². The third-order valence-corrected chi connectivity index (χ3v) is 4.04. The average Bonchev–Trinajstić information content (AvgIpc) is 2.32. The molecule has 0 saturated heterocycles. The van der Waals surface area contributed by atoms with Gasteiger partial charge in [0.1, 0.15) is 0 Å². The zero-order valence-corrected chi connectivity index (χ0v) is 14.3. The first-order chi connectivity index (χ1) is 9.36.